The van der Waals surface area contributed by atoms with Gasteiger partial charge < -0.3 is 4.74 Å². The number of ether oxygens (including phenoxy) is 1. The first-order valence-corrected chi connectivity index (χ1v) is 6.08. The standard InChI is InChI=1S/C14H10Cl2O2/c15-12-5-1-10(2-6-12)9-18-14(17)11-3-7-13(16)8-4-11/h1-8H,9H2. The highest BCUT2D eigenvalue weighted by atomic mass is 35.5. The summed E-state index contributed by atoms with van der Waals surface area (Å²) < 4.78 is 5.17. The molecule has 2 aromatic carbocycles. The normalized spacial score (nSPS) is 10.1. The lowest BCUT2D eigenvalue weighted by molar-refractivity contribution is 0.0473. The highest BCUT2D eigenvalue weighted by Crippen LogP contribution is 2.13. The van der Waals surface area contributed by atoms with Crippen molar-refractivity contribution in [2.24, 2.45) is 0 Å². The van der Waals surface area contributed by atoms with Crippen molar-refractivity contribution in [3.05, 3.63) is 69.7 Å². The second kappa shape index (κ2) is 5.89. The average Bonchev–Trinajstić information content (AvgIpc) is 2.38. The van der Waals surface area contributed by atoms with Crippen LogP contribution in [0.1, 0.15) is 15.9 Å². The molecule has 2 nitrogen and oxygen atoms in total. The van der Waals surface area contributed by atoms with Crippen molar-refractivity contribution in [3.63, 3.8) is 0 Å². The fraction of sp³-hybridized carbons (Fsp3) is 0.0714. The third-order valence-corrected chi connectivity index (χ3v) is 2.87. The van der Waals surface area contributed by atoms with Gasteiger partial charge >= 0.3 is 5.97 Å². The maximum Gasteiger partial charge on any atom is 0.338 e. The molecule has 0 spiro atoms. The van der Waals surface area contributed by atoms with E-state index in [1.807, 2.05) is 12.1 Å². The van der Waals surface area contributed by atoms with Crippen molar-refractivity contribution in [3.8, 4) is 0 Å². The number of benzene rings is 2. The topological polar surface area (TPSA) is 26.3 Å². The zero-order valence-electron chi connectivity index (χ0n) is 9.40. The van der Waals surface area contributed by atoms with Gasteiger partial charge in [-0.15, -0.1) is 0 Å². The molecule has 0 fully saturated rings. The average molecular weight is 281 g/mol. The van der Waals surface area contributed by atoms with Crippen molar-refractivity contribution in [2.45, 2.75) is 6.61 Å². The lowest BCUT2D eigenvalue weighted by Gasteiger charge is -2.05. The summed E-state index contributed by atoms with van der Waals surface area (Å²) >= 11 is 11.5. The maximum absolute atomic E-state index is 11.7. The minimum Gasteiger partial charge on any atom is -0.457 e. The fourth-order valence-corrected chi connectivity index (χ4v) is 1.65. The summed E-state index contributed by atoms with van der Waals surface area (Å²) in [5.41, 5.74) is 1.37. The Morgan fingerprint density at radius 2 is 1.39 bits per heavy atom. The molecule has 0 amide bonds. The van der Waals surface area contributed by atoms with E-state index in [1.165, 1.54) is 0 Å². The van der Waals surface area contributed by atoms with E-state index in [4.69, 9.17) is 27.9 Å². The van der Waals surface area contributed by atoms with Gasteiger partial charge in [0.15, 0.2) is 0 Å². The number of rotatable bonds is 3. The van der Waals surface area contributed by atoms with E-state index in [9.17, 15) is 4.79 Å². The molecule has 0 aromatic heterocycles. The Bertz CT molecular complexity index is 533. The molecule has 0 aliphatic carbocycles. The van der Waals surface area contributed by atoms with Crippen LogP contribution in [0, 0.1) is 0 Å². The summed E-state index contributed by atoms with van der Waals surface area (Å²) in [6.45, 7) is 0.221. The number of halogens is 2. The van der Waals surface area contributed by atoms with Crippen LogP contribution in [-0.2, 0) is 11.3 Å². The lowest BCUT2D eigenvalue weighted by atomic mass is 10.2. The van der Waals surface area contributed by atoms with Crippen LogP contribution >= 0.6 is 23.2 Å². The molecule has 18 heavy (non-hydrogen) atoms. The van der Waals surface area contributed by atoms with E-state index >= 15 is 0 Å². The van der Waals surface area contributed by atoms with Crippen LogP contribution in [-0.4, -0.2) is 5.97 Å². The van der Waals surface area contributed by atoms with Gasteiger partial charge in [0.1, 0.15) is 6.61 Å². The first-order valence-electron chi connectivity index (χ1n) is 5.32. The number of carbonyl (C=O) groups is 1. The second-order valence-electron chi connectivity index (χ2n) is 3.71. The van der Waals surface area contributed by atoms with Crippen LogP contribution in [0.25, 0.3) is 0 Å². The number of carbonyl (C=O) groups excluding carboxylic acids is 1. The van der Waals surface area contributed by atoms with Crippen LogP contribution in [0.4, 0.5) is 0 Å². The molecule has 0 aliphatic rings. The smallest absolute Gasteiger partial charge is 0.338 e. The molecule has 4 heteroatoms. The third kappa shape index (κ3) is 3.49. The van der Waals surface area contributed by atoms with Gasteiger partial charge in [0.2, 0.25) is 0 Å². The Morgan fingerprint density at radius 3 is 1.94 bits per heavy atom. The van der Waals surface area contributed by atoms with Crippen molar-refractivity contribution in [1.29, 1.82) is 0 Å². The summed E-state index contributed by atoms with van der Waals surface area (Å²) in [5, 5.41) is 1.24. The molecule has 0 radical (unpaired) electrons. The van der Waals surface area contributed by atoms with Gasteiger partial charge in [-0.05, 0) is 42.0 Å². The first kappa shape index (κ1) is 12.9. The van der Waals surface area contributed by atoms with Crippen LogP contribution < -0.4 is 0 Å². The molecule has 0 unspecified atom stereocenters. The Balaban J connectivity index is 1.96. The van der Waals surface area contributed by atoms with Crippen molar-refractivity contribution < 1.29 is 9.53 Å². The van der Waals surface area contributed by atoms with E-state index in [0.29, 0.717) is 15.6 Å². The van der Waals surface area contributed by atoms with Gasteiger partial charge in [0.25, 0.3) is 0 Å². The summed E-state index contributed by atoms with van der Waals surface area (Å²) in [6, 6.07) is 13.7. The third-order valence-electron chi connectivity index (χ3n) is 2.36. The predicted molar refractivity (Wildman–Crippen MR) is 72.0 cm³/mol. The molecule has 2 aromatic rings. The van der Waals surface area contributed by atoms with Gasteiger partial charge in [0, 0.05) is 10.0 Å². The summed E-state index contributed by atoms with van der Waals surface area (Å²) in [7, 11) is 0. The molecule has 0 saturated carbocycles. The highest BCUT2D eigenvalue weighted by Gasteiger charge is 2.06. The van der Waals surface area contributed by atoms with E-state index in [1.54, 1.807) is 36.4 Å². The van der Waals surface area contributed by atoms with Gasteiger partial charge in [-0.2, -0.15) is 0 Å². The van der Waals surface area contributed by atoms with Crippen molar-refractivity contribution in [1.82, 2.24) is 0 Å². The molecule has 0 aliphatic heterocycles. The molecular formula is C14H10Cl2O2. The molecule has 92 valence electrons. The van der Waals surface area contributed by atoms with Crippen LogP contribution in [0.3, 0.4) is 0 Å². The van der Waals surface area contributed by atoms with Gasteiger partial charge in [-0.1, -0.05) is 35.3 Å². The largest absolute Gasteiger partial charge is 0.457 e. The maximum atomic E-state index is 11.7. The quantitative estimate of drug-likeness (QED) is 0.782. The number of hydrogen-bond donors (Lipinski definition) is 0. The first-order chi connectivity index (χ1) is 8.65. The minimum absolute atomic E-state index is 0.221. The Hall–Kier alpha value is -1.51. The van der Waals surface area contributed by atoms with Crippen molar-refractivity contribution >= 4 is 29.2 Å². The molecule has 0 bridgehead atoms. The van der Waals surface area contributed by atoms with Gasteiger partial charge in [-0.25, -0.2) is 4.79 Å². The minimum atomic E-state index is -0.374. The zero-order chi connectivity index (χ0) is 13.0. The fourth-order valence-electron chi connectivity index (χ4n) is 1.40. The molecular weight excluding hydrogens is 271 g/mol. The monoisotopic (exact) mass is 280 g/mol. The SMILES string of the molecule is O=C(OCc1ccc(Cl)cc1)c1ccc(Cl)cc1. The Labute approximate surface area is 115 Å². The second-order valence-corrected chi connectivity index (χ2v) is 4.58. The van der Waals surface area contributed by atoms with E-state index in [0.717, 1.165) is 5.56 Å². The van der Waals surface area contributed by atoms with Gasteiger partial charge in [-0.3, -0.25) is 0 Å². The van der Waals surface area contributed by atoms with E-state index in [-0.39, 0.29) is 12.6 Å². The molecule has 0 atom stereocenters. The van der Waals surface area contributed by atoms with Crippen LogP contribution in [0.15, 0.2) is 48.5 Å². The summed E-state index contributed by atoms with van der Waals surface area (Å²) in [5.74, 6) is -0.374. The van der Waals surface area contributed by atoms with Crippen LogP contribution in [0.2, 0.25) is 10.0 Å². The molecule has 0 saturated heterocycles. The Morgan fingerprint density at radius 1 is 0.889 bits per heavy atom. The Kier molecular flexibility index (Phi) is 4.24. The van der Waals surface area contributed by atoms with Gasteiger partial charge in [0.05, 0.1) is 5.56 Å². The lowest BCUT2D eigenvalue weighted by Crippen LogP contribution is -2.04. The molecule has 2 rings (SSSR count). The van der Waals surface area contributed by atoms with E-state index < -0.39 is 0 Å². The van der Waals surface area contributed by atoms with Crippen molar-refractivity contribution in [2.75, 3.05) is 0 Å². The number of hydrogen-bond acceptors (Lipinski definition) is 2. The number of esters is 1. The predicted octanol–water partition coefficient (Wildman–Crippen LogP) is 4.35. The van der Waals surface area contributed by atoms with E-state index in [2.05, 4.69) is 0 Å². The van der Waals surface area contributed by atoms with Crippen LogP contribution in [0.5, 0.6) is 0 Å². The summed E-state index contributed by atoms with van der Waals surface area (Å²) in [4.78, 5) is 11.7. The zero-order valence-corrected chi connectivity index (χ0v) is 10.9. The highest BCUT2D eigenvalue weighted by molar-refractivity contribution is 6.30. The summed E-state index contributed by atoms with van der Waals surface area (Å²) in [6.07, 6.45) is 0. The molecule has 0 heterocycles. The molecule has 0 N–H and O–H groups in total.